The smallest absolute Gasteiger partial charge is 0.258 e. The number of phenolic OH excluding ortho intramolecular Hbond substituents is 1. The Morgan fingerprint density at radius 1 is 1.56 bits per heavy atom. The number of nitrogens with zero attached hydrogens (tertiary/aromatic N) is 2. The number of hydrogen-bond acceptors (Lipinski definition) is 3. The van der Waals surface area contributed by atoms with Crippen molar-refractivity contribution in [2.45, 2.75) is 6.54 Å². The monoisotopic (exact) mass is 249 g/mol. The first-order valence-electron chi connectivity index (χ1n) is 5.31. The molecule has 0 fully saturated rings. The quantitative estimate of drug-likeness (QED) is 0.858. The molecule has 2 N–H and O–H groups in total. The molecule has 0 bridgehead atoms. The van der Waals surface area contributed by atoms with Gasteiger partial charge < -0.3 is 10.4 Å². The molecule has 2 aromatic rings. The zero-order chi connectivity index (χ0) is 13.1. The van der Waals surface area contributed by atoms with Crippen LogP contribution in [-0.2, 0) is 13.6 Å². The standard InChI is InChI=1S/C12H12FN3O2/c1-16-7-8(6-15-16)5-14-12(18)11-9(13)3-2-4-10(11)17/h2-4,6-7,17H,5H2,1H3,(H,14,18). The van der Waals surface area contributed by atoms with E-state index in [1.54, 1.807) is 24.1 Å². The first-order valence-corrected chi connectivity index (χ1v) is 5.31. The Morgan fingerprint density at radius 2 is 2.33 bits per heavy atom. The number of aryl methyl sites for hydroxylation is 1. The fourth-order valence-electron chi connectivity index (χ4n) is 1.57. The minimum absolute atomic E-state index is 0.223. The van der Waals surface area contributed by atoms with E-state index in [9.17, 15) is 14.3 Å². The van der Waals surface area contributed by atoms with Gasteiger partial charge in [-0.1, -0.05) is 6.07 Å². The molecule has 6 heteroatoms. The molecule has 0 aliphatic rings. The van der Waals surface area contributed by atoms with Crippen LogP contribution in [0.25, 0.3) is 0 Å². The van der Waals surface area contributed by atoms with Crippen LogP contribution < -0.4 is 5.32 Å². The predicted octanol–water partition coefficient (Wildman–Crippen LogP) is 1.19. The van der Waals surface area contributed by atoms with Crippen LogP contribution in [0, 0.1) is 5.82 Å². The van der Waals surface area contributed by atoms with Gasteiger partial charge in [-0.15, -0.1) is 0 Å². The van der Waals surface area contributed by atoms with Crippen LogP contribution in [0.3, 0.4) is 0 Å². The number of nitrogens with one attached hydrogen (secondary N) is 1. The van der Waals surface area contributed by atoms with Gasteiger partial charge in [-0.05, 0) is 12.1 Å². The van der Waals surface area contributed by atoms with Gasteiger partial charge >= 0.3 is 0 Å². The Bertz CT molecular complexity index is 560. The number of phenols is 1. The van der Waals surface area contributed by atoms with E-state index < -0.39 is 11.7 Å². The highest BCUT2D eigenvalue weighted by Gasteiger charge is 2.16. The van der Waals surface area contributed by atoms with E-state index in [1.165, 1.54) is 12.1 Å². The number of hydrogen-bond donors (Lipinski definition) is 2. The Labute approximate surface area is 103 Å². The van der Waals surface area contributed by atoms with Gasteiger partial charge in [-0.25, -0.2) is 4.39 Å². The van der Waals surface area contributed by atoms with Crippen LogP contribution >= 0.6 is 0 Å². The molecular weight excluding hydrogens is 237 g/mol. The Balaban J connectivity index is 2.08. The summed E-state index contributed by atoms with van der Waals surface area (Å²) in [5, 5.41) is 15.9. The molecule has 18 heavy (non-hydrogen) atoms. The van der Waals surface area contributed by atoms with Crippen LogP contribution in [0.2, 0.25) is 0 Å². The zero-order valence-electron chi connectivity index (χ0n) is 9.72. The average molecular weight is 249 g/mol. The van der Waals surface area contributed by atoms with E-state index in [4.69, 9.17) is 0 Å². The molecule has 0 aliphatic carbocycles. The molecule has 1 aromatic carbocycles. The third kappa shape index (κ3) is 2.48. The highest BCUT2D eigenvalue weighted by atomic mass is 19.1. The normalized spacial score (nSPS) is 10.3. The van der Waals surface area contributed by atoms with Crippen molar-refractivity contribution in [3.63, 3.8) is 0 Å². The first-order chi connectivity index (χ1) is 8.58. The van der Waals surface area contributed by atoms with Crippen molar-refractivity contribution in [3.8, 4) is 5.75 Å². The largest absolute Gasteiger partial charge is 0.507 e. The number of aromatic hydroxyl groups is 1. The molecule has 94 valence electrons. The van der Waals surface area contributed by atoms with E-state index >= 15 is 0 Å². The number of carbonyl (C=O) groups is 1. The van der Waals surface area contributed by atoms with Gasteiger partial charge in [0.15, 0.2) is 0 Å². The molecule has 0 saturated carbocycles. The number of halogens is 1. The molecule has 0 spiro atoms. The van der Waals surface area contributed by atoms with Crippen molar-refractivity contribution in [2.24, 2.45) is 7.05 Å². The van der Waals surface area contributed by atoms with Gasteiger partial charge in [0.05, 0.1) is 6.20 Å². The van der Waals surface area contributed by atoms with Crippen molar-refractivity contribution in [3.05, 3.63) is 47.5 Å². The van der Waals surface area contributed by atoms with Gasteiger partial charge in [0.2, 0.25) is 0 Å². The van der Waals surface area contributed by atoms with Crippen molar-refractivity contribution in [1.29, 1.82) is 0 Å². The van der Waals surface area contributed by atoms with Gasteiger partial charge in [0.1, 0.15) is 17.1 Å². The van der Waals surface area contributed by atoms with Crippen LogP contribution in [-0.4, -0.2) is 20.8 Å². The molecule has 2 rings (SSSR count). The summed E-state index contributed by atoms with van der Waals surface area (Å²) in [7, 11) is 1.76. The van der Waals surface area contributed by atoms with Crippen LogP contribution in [0.5, 0.6) is 5.75 Å². The average Bonchev–Trinajstić information content (AvgIpc) is 2.72. The first kappa shape index (κ1) is 12.1. The lowest BCUT2D eigenvalue weighted by Crippen LogP contribution is -2.23. The summed E-state index contributed by atoms with van der Waals surface area (Å²) in [5.41, 5.74) is 0.447. The van der Waals surface area contributed by atoms with Gasteiger partial charge in [0, 0.05) is 25.4 Å². The number of carbonyl (C=O) groups excluding carboxylic acids is 1. The van der Waals surface area contributed by atoms with Crippen molar-refractivity contribution < 1.29 is 14.3 Å². The minimum atomic E-state index is -0.751. The Kier molecular flexibility index (Phi) is 3.27. The fourth-order valence-corrected chi connectivity index (χ4v) is 1.57. The van der Waals surface area contributed by atoms with E-state index in [2.05, 4.69) is 10.4 Å². The maximum atomic E-state index is 13.4. The molecule has 1 amide bonds. The number of aromatic nitrogens is 2. The second-order valence-electron chi connectivity index (χ2n) is 3.84. The Morgan fingerprint density at radius 3 is 2.94 bits per heavy atom. The molecule has 0 radical (unpaired) electrons. The minimum Gasteiger partial charge on any atom is -0.507 e. The fraction of sp³-hybridized carbons (Fsp3) is 0.167. The molecule has 1 aromatic heterocycles. The summed E-state index contributed by atoms with van der Waals surface area (Å²) in [6.07, 6.45) is 3.34. The summed E-state index contributed by atoms with van der Waals surface area (Å²) < 4.78 is 15.0. The lowest BCUT2D eigenvalue weighted by atomic mass is 10.1. The number of benzene rings is 1. The number of rotatable bonds is 3. The number of amides is 1. The van der Waals surface area contributed by atoms with E-state index in [0.29, 0.717) is 0 Å². The summed E-state index contributed by atoms with van der Waals surface area (Å²) in [6.45, 7) is 0.223. The van der Waals surface area contributed by atoms with E-state index in [-0.39, 0.29) is 17.9 Å². The van der Waals surface area contributed by atoms with Gasteiger partial charge in [-0.2, -0.15) is 5.10 Å². The van der Waals surface area contributed by atoms with Crippen LogP contribution in [0.15, 0.2) is 30.6 Å². The highest BCUT2D eigenvalue weighted by Crippen LogP contribution is 2.19. The van der Waals surface area contributed by atoms with Crippen molar-refractivity contribution in [1.82, 2.24) is 15.1 Å². The predicted molar refractivity (Wildman–Crippen MR) is 62.4 cm³/mol. The molecule has 0 unspecified atom stereocenters. The van der Waals surface area contributed by atoms with E-state index in [0.717, 1.165) is 11.6 Å². The lowest BCUT2D eigenvalue weighted by Gasteiger charge is -2.06. The Hall–Kier alpha value is -2.37. The van der Waals surface area contributed by atoms with Crippen LogP contribution in [0.4, 0.5) is 4.39 Å². The summed E-state index contributed by atoms with van der Waals surface area (Å²) >= 11 is 0. The molecule has 0 aliphatic heterocycles. The SMILES string of the molecule is Cn1cc(CNC(=O)c2c(O)cccc2F)cn1. The third-order valence-electron chi connectivity index (χ3n) is 2.43. The van der Waals surface area contributed by atoms with Crippen LogP contribution in [0.1, 0.15) is 15.9 Å². The molecule has 1 heterocycles. The molecule has 5 nitrogen and oxygen atoms in total. The van der Waals surface area contributed by atoms with Gasteiger partial charge in [-0.3, -0.25) is 9.48 Å². The second-order valence-corrected chi connectivity index (χ2v) is 3.84. The molecule has 0 saturated heterocycles. The third-order valence-corrected chi connectivity index (χ3v) is 2.43. The van der Waals surface area contributed by atoms with E-state index in [1.807, 2.05) is 0 Å². The maximum absolute atomic E-state index is 13.4. The maximum Gasteiger partial charge on any atom is 0.258 e. The summed E-state index contributed by atoms with van der Waals surface area (Å²) in [5.74, 6) is -1.79. The summed E-state index contributed by atoms with van der Waals surface area (Å²) in [4.78, 5) is 11.7. The second kappa shape index (κ2) is 4.87. The zero-order valence-corrected chi connectivity index (χ0v) is 9.72. The highest BCUT2D eigenvalue weighted by molar-refractivity contribution is 5.97. The molecular formula is C12H12FN3O2. The molecule has 0 atom stereocenters. The lowest BCUT2D eigenvalue weighted by molar-refractivity contribution is 0.0944. The van der Waals surface area contributed by atoms with Gasteiger partial charge in [0.25, 0.3) is 5.91 Å². The topological polar surface area (TPSA) is 67.2 Å². The van der Waals surface area contributed by atoms with Crippen molar-refractivity contribution in [2.75, 3.05) is 0 Å². The van der Waals surface area contributed by atoms with Crippen molar-refractivity contribution >= 4 is 5.91 Å². The summed E-state index contributed by atoms with van der Waals surface area (Å²) in [6, 6.07) is 3.73.